The molecular weight excluding hydrogens is 371 g/mol. The fraction of sp³-hybridized carbons (Fsp3) is 0.316. The minimum Gasteiger partial charge on any atom is -0.496 e. The number of nitrogens with zero attached hydrogens (tertiary/aromatic N) is 1. The molecule has 146 valence electrons. The highest BCUT2D eigenvalue weighted by Gasteiger charge is 2.18. The topological polar surface area (TPSA) is 75.7 Å². The van der Waals surface area contributed by atoms with Gasteiger partial charge in [-0.25, -0.2) is 17.5 Å². The summed E-state index contributed by atoms with van der Waals surface area (Å²) in [6.45, 7) is 3.48. The molecule has 0 saturated carbocycles. The van der Waals surface area contributed by atoms with E-state index in [0.717, 1.165) is 17.7 Å². The molecule has 1 amide bonds. The number of para-hydroxylation sites is 1. The largest absolute Gasteiger partial charge is 0.496 e. The van der Waals surface area contributed by atoms with E-state index in [1.807, 2.05) is 18.2 Å². The number of benzene rings is 2. The highest BCUT2D eigenvalue weighted by atomic mass is 32.2. The predicted molar refractivity (Wildman–Crippen MR) is 100 cm³/mol. The zero-order chi connectivity index (χ0) is 20.0. The molecular formula is C19H23FN2O4S. The number of carbonyl (C=O) groups excluding carboxylic acids is 1. The van der Waals surface area contributed by atoms with E-state index in [0.29, 0.717) is 17.9 Å². The fourth-order valence-corrected chi connectivity index (χ4v) is 3.94. The maximum absolute atomic E-state index is 13.2. The van der Waals surface area contributed by atoms with E-state index in [2.05, 4.69) is 4.72 Å². The first-order valence-corrected chi connectivity index (χ1v) is 9.86. The Morgan fingerprint density at radius 2 is 1.93 bits per heavy atom. The molecule has 2 rings (SSSR count). The summed E-state index contributed by atoms with van der Waals surface area (Å²) in [5.41, 5.74) is 1.15. The summed E-state index contributed by atoms with van der Waals surface area (Å²) in [6.07, 6.45) is 0. The van der Waals surface area contributed by atoms with Crippen molar-refractivity contribution in [1.82, 2.24) is 9.62 Å². The van der Waals surface area contributed by atoms with Crippen LogP contribution >= 0.6 is 0 Å². The molecule has 0 aromatic heterocycles. The molecule has 0 saturated heterocycles. The molecule has 0 unspecified atom stereocenters. The standard InChI is InChI=1S/C19H23FN2O4S/c1-14-12-17(20)8-9-19(14)27(24,25)21-10-11-22(15(2)23)13-16-6-4-5-7-18(16)26-3/h4-9,12,21H,10-11,13H2,1-3H3. The van der Waals surface area contributed by atoms with E-state index in [9.17, 15) is 17.6 Å². The van der Waals surface area contributed by atoms with Crippen LogP contribution in [0, 0.1) is 12.7 Å². The van der Waals surface area contributed by atoms with Gasteiger partial charge in [-0.2, -0.15) is 0 Å². The van der Waals surface area contributed by atoms with E-state index in [1.165, 1.54) is 24.8 Å². The normalized spacial score (nSPS) is 11.3. The van der Waals surface area contributed by atoms with Crippen LogP contribution in [0.15, 0.2) is 47.4 Å². The number of amides is 1. The van der Waals surface area contributed by atoms with Gasteiger partial charge in [0.2, 0.25) is 15.9 Å². The highest BCUT2D eigenvalue weighted by Crippen LogP contribution is 2.19. The van der Waals surface area contributed by atoms with Gasteiger partial charge in [0.1, 0.15) is 11.6 Å². The first-order valence-electron chi connectivity index (χ1n) is 8.38. The number of ether oxygens (including phenoxy) is 1. The summed E-state index contributed by atoms with van der Waals surface area (Å²) in [5, 5.41) is 0. The van der Waals surface area contributed by atoms with Crippen molar-refractivity contribution in [2.45, 2.75) is 25.3 Å². The fourth-order valence-electron chi connectivity index (χ4n) is 2.69. The van der Waals surface area contributed by atoms with E-state index in [-0.39, 0.29) is 23.9 Å². The van der Waals surface area contributed by atoms with E-state index in [4.69, 9.17) is 4.74 Å². The van der Waals surface area contributed by atoms with Crippen molar-refractivity contribution in [1.29, 1.82) is 0 Å². The number of hydrogen-bond donors (Lipinski definition) is 1. The molecule has 0 spiro atoms. The minimum absolute atomic E-state index is 0.0167. The Hall–Kier alpha value is -2.45. The SMILES string of the molecule is COc1ccccc1CN(CCNS(=O)(=O)c1ccc(F)cc1C)C(C)=O. The Kier molecular flexibility index (Phi) is 6.92. The molecule has 0 aliphatic rings. The molecule has 0 heterocycles. The van der Waals surface area contributed by atoms with Crippen molar-refractivity contribution in [3.05, 3.63) is 59.4 Å². The predicted octanol–water partition coefficient (Wildman–Crippen LogP) is 2.47. The van der Waals surface area contributed by atoms with Crippen molar-refractivity contribution >= 4 is 15.9 Å². The summed E-state index contributed by atoms with van der Waals surface area (Å²) >= 11 is 0. The van der Waals surface area contributed by atoms with Gasteiger partial charge in [0.05, 0.1) is 12.0 Å². The van der Waals surface area contributed by atoms with Gasteiger partial charge >= 0.3 is 0 Å². The van der Waals surface area contributed by atoms with E-state index < -0.39 is 15.8 Å². The molecule has 27 heavy (non-hydrogen) atoms. The van der Waals surface area contributed by atoms with Gasteiger partial charge in [-0.05, 0) is 36.8 Å². The summed E-state index contributed by atoms with van der Waals surface area (Å²) in [5.74, 6) is -0.0182. The lowest BCUT2D eigenvalue weighted by molar-refractivity contribution is -0.129. The molecule has 6 nitrogen and oxygen atoms in total. The molecule has 0 atom stereocenters. The van der Waals surface area contributed by atoms with Gasteiger partial charge in [-0.1, -0.05) is 18.2 Å². The first-order chi connectivity index (χ1) is 12.7. The molecule has 8 heteroatoms. The number of methoxy groups -OCH3 is 1. The second kappa shape index (κ2) is 8.96. The zero-order valence-corrected chi connectivity index (χ0v) is 16.3. The number of halogens is 1. The van der Waals surface area contributed by atoms with Crippen molar-refractivity contribution < 1.29 is 22.3 Å². The number of sulfonamides is 1. The van der Waals surface area contributed by atoms with Gasteiger partial charge in [-0.15, -0.1) is 0 Å². The quantitative estimate of drug-likeness (QED) is 0.746. The third-order valence-corrected chi connectivity index (χ3v) is 5.72. The van der Waals surface area contributed by atoms with Crippen molar-refractivity contribution in [2.24, 2.45) is 0 Å². The molecule has 0 aliphatic heterocycles. The third-order valence-electron chi connectivity index (χ3n) is 4.10. The minimum atomic E-state index is -3.79. The number of carbonyl (C=O) groups is 1. The molecule has 0 radical (unpaired) electrons. The monoisotopic (exact) mass is 394 g/mol. The van der Waals surface area contributed by atoms with E-state index in [1.54, 1.807) is 13.2 Å². The zero-order valence-electron chi connectivity index (χ0n) is 15.5. The second-order valence-corrected chi connectivity index (χ2v) is 7.80. The van der Waals surface area contributed by atoms with Crippen LogP contribution in [-0.4, -0.2) is 39.4 Å². The lowest BCUT2D eigenvalue weighted by Crippen LogP contribution is -2.37. The number of aryl methyl sites for hydroxylation is 1. The Morgan fingerprint density at radius 1 is 1.22 bits per heavy atom. The average molecular weight is 394 g/mol. The van der Waals surface area contributed by atoms with Gasteiger partial charge in [0.25, 0.3) is 0 Å². The van der Waals surface area contributed by atoms with Gasteiger partial charge in [0.15, 0.2) is 0 Å². The first kappa shape index (κ1) is 20.9. The van der Waals surface area contributed by atoms with Gasteiger partial charge in [0, 0.05) is 32.1 Å². The van der Waals surface area contributed by atoms with Crippen LogP contribution in [0.5, 0.6) is 5.75 Å². The van der Waals surface area contributed by atoms with Crippen LogP contribution in [0.4, 0.5) is 4.39 Å². The maximum Gasteiger partial charge on any atom is 0.240 e. The summed E-state index contributed by atoms with van der Waals surface area (Å²) in [4.78, 5) is 13.5. The Morgan fingerprint density at radius 3 is 2.56 bits per heavy atom. The van der Waals surface area contributed by atoms with Crippen LogP contribution < -0.4 is 9.46 Å². The maximum atomic E-state index is 13.2. The Bertz CT molecular complexity index is 916. The molecule has 0 aliphatic carbocycles. The van der Waals surface area contributed by atoms with Crippen LogP contribution in [0.25, 0.3) is 0 Å². The van der Waals surface area contributed by atoms with Gasteiger partial charge < -0.3 is 9.64 Å². The molecule has 0 fully saturated rings. The molecule has 1 N–H and O–H groups in total. The molecule has 2 aromatic rings. The summed E-state index contributed by atoms with van der Waals surface area (Å²) in [7, 11) is -2.24. The smallest absolute Gasteiger partial charge is 0.240 e. The number of hydrogen-bond acceptors (Lipinski definition) is 4. The lowest BCUT2D eigenvalue weighted by Gasteiger charge is -2.22. The van der Waals surface area contributed by atoms with Crippen LogP contribution in [-0.2, 0) is 21.4 Å². The van der Waals surface area contributed by atoms with E-state index >= 15 is 0 Å². The second-order valence-electron chi connectivity index (χ2n) is 6.06. The van der Waals surface area contributed by atoms with Crippen LogP contribution in [0.2, 0.25) is 0 Å². The van der Waals surface area contributed by atoms with Crippen molar-refractivity contribution in [2.75, 3.05) is 20.2 Å². The lowest BCUT2D eigenvalue weighted by atomic mass is 10.2. The Labute approximate surface area is 159 Å². The summed E-state index contributed by atoms with van der Waals surface area (Å²) in [6, 6.07) is 10.8. The molecule has 2 aromatic carbocycles. The third kappa shape index (κ3) is 5.51. The average Bonchev–Trinajstić information content (AvgIpc) is 2.60. The highest BCUT2D eigenvalue weighted by molar-refractivity contribution is 7.89. The number of nitrogens with one attached hydrogen (secondary N) is 1. The van der Waals surface area contributed by atoms with Crippen molar-refractivity contribution in [3.63, 3.8) is 0 Å². The van der Waals surface area contributed by atoms with Crippen molar-refractivity contribution in [3.8, 4) is 5.75 Å². The number of rotatable bonds is 8. The summed E-state index contributed by atoms with van der Waals surface area (Å²) < 4.78 is 45.8. The van der Waals surface area contributed by atoms with Crippen LogP contribution in [0.3, 0.4) is 0 Å². The van der Waals surface area contributed by atoms with Crippen LogP contribution in [0.1, 0.15) is 18.1 Å². The molecule has 0 bridgehead atoms. The van der Waals surface area contributed by atoms with Gasteiger partial charge in [-0.3, -0.25) is 4.79 Å². The Balaban J connectivity index is 2.05.